The maximum Gasteiger partial charge on any atom is 0.490 e. The van der Waals surface area contributed by atoms with E-state index in [2.05, 4.69) is 10.3 Å². The molecule has 3 atom stereocenters. The van der Waals surface area contributed by atoms with Crippen LogP contribution in [0.3, 0.4) is 0 Å². The van der Waals surface area contributed by atoms with Crippen molar-refractivity contribution in [2.45, 2.75) is 57.7 Å². The Labute approximate surface area is 261 Å². The summed E-state index contributed by atoms with van der Waals surface area (Å²) in [5.74, 6) is -3.72. The highest BCUT2D eigenvalue weighted by Gasteiger charge is 2.42. The maximum atomic E-state index is 13.1. The van der Waals surface area contributed by atoms with Gasteiger partial charge in [0.1, 0.15) is 17.1 Å². The Morgan fingerprint density at radius 1 is 1.11 bits per heavy atom. The molecule has 1 aliphatic heterocycles. The van der Waals surface area contributed by atoms with Gasteiger partial charge in [0.15, 0.2) is 0 Å². The number of fused-ring (bicyclic) bond motifs is 1. The number of nitrogens with zero attached hydrogens (tertiary/aromatic N) is 2. The fourth-order valence-corrected chi connectivity index (χ4v) is 5.97. The lowest BCUT2D eigenvalue weighted by Crippen LogP contribution is -2.59. The van der Waals surface area contributed by atoms with Gasteiger partial charge in [-0.1, -0.05) is 18.2 Å². The number of amides is 2. The highest BCUT2D eigenvalue weighted by atomic mass is 32.2. The summed E-state index contributed by atoms with van der Waals surface area (Å²) in [7, 11) is 0. The zero-order valence-electron chi connectivity index (χ0n) is 25.1. The van der Waals surface area contributed by atoms with Crippen LogP contribution in [0.5, 0.6) is 5.75 Å². The molecule has 4 rings (SSSR count). The summed E-state index contributed by atoms with van der Waals surface area (Å²) in [5.41, 5.74) is 4.95. The number of pyridine rings is 1. The van der Waals surface area contributed by atoms with Crippen LogP contribution >= 0.6 is 0 Å². The van der Waals surface area contributed by atoms with Crippen LogP contribution < -0.4 is 15.5 Å². The molecule has 2 aromatic carbocycles. The Balaban J connectivity index is 0.000000707. The van der Waals surface area contributed by atoms with E-state index in [9.17, 15) is 32.5 Å². The summed E-state index contributed by atoms with van der Waals surface area (Å²) in [5, 5.41) is 20.3. The van der Waals surface area contributed by atoms with Gasteiger partial charge in [0.25, 0.3) is 5.91 Å². The number of hydrogen-bond acceptors (Lipinski definition) is 8. The molecule has 0 spiro atoms. The molecule has 2 amide bonds. The molecule has 1 fully saturated rings. The fourth-order valence-electron chi connectivity index (χ4n) is 4.63. The van der Waals surface area contributed by atoms with E-state index in [1.807, 2.05) is 58.0 Å². The molecule has 2 heterocycles. The number of piperidine rings is 1. The lowest BCUT2D eigenvalue weighted by atomic mass is 9.91. The standard InChI is InChI=1S/C28H34N4O5S.C2HF3O2/c1-18-15-20(22-7-5-6-8-24(22)29-18)17-37-21-11-9-19(10-12-21)26(33)30-25-16-32(38(36)28(2,3)4)14-13-23(25)27(34)31-35;3-2(4,5)1(6)7/h5-12,15,23,25,35H,13-14,16-17H2,1-4H3,(H,30,33)(H,31,34);(H,6,7)/t23-,25+,38?;/m0./s1. The minimum atomic E-state index is -5.08. The topological polar surface area (TPSA) is 164 Å². The molecule has 1 saturated heterocycles. The number of carboxylic acids is 1. The number of carbonyl (C=O) groups is 3. The summed E-state index contributed by atoms with van der Waals surface area (Å²) in [6.45, 7) is 8.60. The molecule has 1 aromatic heterocycles. The molecule has 0 saturated carbocycles. The SMILES string of the molecule is Cc1cc(COc2ccc(C(=O)N[C@@H]3CN([S+]([O-])C(C)(C)C)CC[C@@H]3C(=O)NO)cc2)c2ccccc2n1.O=C(O)C(F)(F)F. The molecule has 3 aromatic rings. The molecular formula is C30H35F3N4O7S. The number of aryl methyl sites for hydroxylation is 1. The van der Waals surface area contributed by atoms with Crippen molar-refractivity contribution >= 4 is 40.0 Å². The number of benzene rings is 2. The van der Waals surface area contributed by atoms with Crippen molar-refractivity contribution < 1.29 is 47.2 Å². The molecule has 4 N–H and O–H groups in total. The predicted molar refractivity (Wildman–Crippen MR) is 160 cm³/mol. The van der Waals surface area contributed by atoms with Crippen LogP contribution in [0.1, 0.15) is 48.8 Å². The van der Waals surface area contributed by atoms with Gasteiger partial charge in [0.2, 0.25) is 5.91 Å². The third-order valence-corrected chi connectivity index (χ3v) is 8.63. The number of alkyl halides is 3. The summed E-state index contributed by atoms with van der Waals surface area (Å²) in [4.78, 5) is 38.8. The average molecular weight is 653 g/mol. The fraction of sp³-hybridized carbons (Fsp3) is 0.400. The van der Waals surface area contributed by atoms with E-state index >= 15 is 0 Å². The number of rotatable bonds is 7. The van der Waals surface area contributed by atoms with Crippen molar-refractivity contribution in [1.29, 1.82) is 0 Å². The second-order valence-electron chi connectivity index (χ2n) is 11.3. The maximum absolute atomic E-state index is 13.1. The van der Waals surface area contributed by atoms with Crippen LogP contribution in [0, 0.1) is 12.8 Å². The second-order valence-corrected chi connectivity index (χ2v) is 13.5. The van der Waals surface area contributed by atoms with Crippen LogP contribution in [-0.2, 0) is 27.6 Å². The number of carbonyl (C=O) groups excluding carboxylic acids is 2. The lowest BCUT2D eigenvalue weighted by molar-refractivity contribution is -0.192. The van der Waals surface area contributed by atoms with Gasteiger partial charge in [0, 0.05) is 40.1 Å². The highest BCUT2D eigenvalue weighted by Crippen LogP contribution is 2.27. The predicted octanol–water partition coefficient (Wildman–Crippen LogP) is 4.14. The molecule has 1 aliphatic rings. The van der Waals surface area contributed by atoms with E-state index in [1.54, 1.807) is 34.1 Å². The highest BCUT2D eigenvalue weighted by molar-refractivity contribution is 7.90. The minimum absolute atomic E-state index is 0.230. The lowest BCUT2D eigenvalue weighted by Gasteiger charge is -2.40. The van der Waals surface area contributed by atoms with Crippen LogP contribution in [0.25, 0.3) is 10.9 Å². The van der Waals surface area contributed by atoms with Gasteiger partial charge in [0.05, 0.1) is 24.0 Å². The largest absolute Gasteiger partial charge is 0.597 e. The molecule has 0 radical (unpaired) electrons. The molecule has 0 aliphatic carbocycles. The molecule has 15 heteroatoms. The van der Waals surface area contributed by atoms with E-state index in [0.29, 0.717) is 30.9 Å². The normalized spacial score (nSPS) is 17.9. The van der Waals surface area contributed by atoms with Crippen molar-refractivity contribution in [2.75, 3.05) is 13.1 Å². The number of aromatic nitrogens is 1. The van der Waals surface area contributed by atoms with Crippen LogP contribution in [0.15, 0.2) is 54.6 Å². The number of halogens is 3. The number of ether oxygens (including phenoxy) is 1. The number of hydrogen-bond donors (Lipinski definition) is 4. The number of hydroxylamine groups is 1. The number of carboxylic acid groups (broad SMARTS) is 1. The van der Waals surface area contributed by atoms with Gasteiger partial charge in [-0.2, -0.15) is 13.2 Å². The third kappa shape index (κ3) is 9.78. The summed E-state index contributed by atoms with van der Waals surface area (Å²) in [6, 6.07) is 16.1. The average Bonchev–Trinajstić information content (AvgIpc) is 2.98. The molecule has 1 unspecified atom stereocenters. The summed E-state index contributed by atoms with van der Waals surface area (Å²) >= 11 is -1.30. The second kappa shape index (κ2) is 14.9. The zero-order valence-corrected chi connectivity index (χ0v) is 25.9. The molecule has 11 nitrogen and oxygen atoms in total. The van der Waals surface area contributed by atoms with E-state index in [4.69, 9.17) is 14.6 Å². The van der Waals surface area contributed by atoms with E-state index in [1.165, 1.54) is 0 Å². The van der Waals surface area contributed by atoms with Crippen LogP contribution in [0.4, 0.5) is 13.2 Å². The van der Waals surface area contributed by atoms with E-state index in [0.717, 1.165) is 22.2 Å². The molecular weight excluding hydrogens is 617 g/mol. The molecule has 244 valence electrons. The molecule has 45 heavy (non-hydrogen) atoms. The van der Waals surface area contributed by atoms with Crippen LogP contribution in [0.2, 0.25) is 0 Å². The first kappa shape index (κ1) is 35.6. The zero-order chi connectivity index (χ0) is 33.5. The Morgan fingerprint density at radius 2 is 1.73 bits per heavy atom. The van der Waals surface area contributed by atoms with Crippen LogP contribution in [-0.4, -0.2) is 72.0 Å². The first-order valence-electron chi connectivity index (χ1n) is 13.8. The Hall–Kier alpha value is -3.92. The van der Waals surface area contributed by atoms with Crippen molar-refractivity contribution in [3.8, 4) is 5.75 Å². The summed E-state index contributed by atoms with van der Waals surface area (Å²) in [6.07, 6.45) is -4.73. The van der Waals surface area contributed by atoms with Crippen molar-refractivity contribution in [3.63, 3.8) is 0 Å². The van der Waals surface area contributed by atoms with Gasteiger partial charge < -0.3 is 19.7 Å². The number of aliphatic carboxylic acids is 1. The van der Waals surface area contributed by atoms with Gasteiger partial charge >= 0.3 is 12.1 Å². The van der Waals surface area contributed by atoms with Crippen molar-refractivity contribution in [1.82, 2.24) is 20.1 Å². The number of para-hydroxylation sites is 1. The van der Waals surface area contributed by atoms with Gasteiger partial charge in [-0.05, 0) is 70.5 Å². The summed E-state index contributed by atoms with van der Waals surface area (Å²) < 4.78 is 51.9. The first-order valence-corrected chi connectivity index (χ1v) is 14.9. The van der Waals surface area contributed by atoms with Gasteiger partial charge in [-0.25, -0.2) is 10.3 Å². The Bertz CT molecular complexity index is 1500. The van der Waals surface area contributed by atoms with Crippen molar-refractivity contribution in [3.05, 3.63) is 71.4 Å². The quantitative estimate of drug-likeness (QED) is 0.167. The first-order chi connectivity index (χ1) is 21.0. The Morgan fingerprint density at radius 3 is 2.31 bits per heavy atom. The minimum Gasteiger partial charge on any atom is -0.597 e. The van der Waals surface area contributed by atoms with Gasteiger partial charge in [-0.15, -0.1) is 4.31 Å². The Kier molecular flexibility index (Phi) is 11.8. The van der Waals surface area contributed by atoms with E-state index in [-0.39, 0.29) is 12.5 Å². The molecule has 0 bridgehead atoms. The van der Waals surface area contributed by atoms with Gasteiger partial charge in [-0.3, -0.25) is 19.8 Å². The smallest absolute Gasteiger partial charge is 0.490 e. The monoisotopic (exact) mass is 652 g/mol. The third-order valence-electron chi connectivity index (χ3n) is 6.78. The number of nitrogens with one attached hydrogen (secondary N) is 2. The van der Waals surface area contributed by atoms with E-state index < -0.39 is 46.1 Å². The van der Waals surface area contributed by atoms with Crippen molar-refractivity contribution in [2.24, 2.45) is 5.92 Å².